The summed E-state index contributed by atoms with van der Waals surface area (Å²) in [4.78, 5) is 0. The predicted molar refractivity (Wildman–Crippen MR) is 84.4 cm³/mol. The van der Waals surface area contributed by atoms with Crippen molar-refractivity contribution in [1.29, 1.82) is 0 Å². The maximum absolute atomic E-state index is 5.48. The van der Waals surface area contributed by atoms with Gasteiger partial charge < -0.3 is 5.73 Å². The maximum Gasteiger partial charge on any atom is 0.0280 e. The van der Waals surface area contributed by atoms with Crippen molar-refractivity contribution in [3.8, 4) is 11.8 Å². The zero-order chi connectivity index (χ0) is 14.3. The van der Waals surface area contributed by atoms with Crippen LogP contribution in [0.4, 0.5) is 0 Å². The van der Waals surface area contributed by atoms with Gasteiger partial charge in [-0.25, -0.2) is 0 Å². The van der Waals surface area contributed by atoms with E-state index in [1.165, 1.54) is 16.7 Å². The third-order valence-corrected chi connectivity index (χ3v) is 3.34. The Morgan fingerprint density at radius 3 is 2.37 bits per heavy atom. The molecule has 0 saturated carbocycles. The highest BCUT2D eigenvalue weighted by atomic mass is 14.5. The Kier molecular flexibility index (Phi) is 6.67. The SMILES string of the molecule is CC(C)c1ccc(C#CCCCCN)c(C(C)C)c1. The van der Waals surface area contributed by atoms with E-state index in [2.05, 4.69) is 57.7 Å². The summed E-state index contributed by atoms with van der Waals surface area (Å²) in [7, 11) is 0. The first-order valence-electron chi connectivity index (χ1n) is 7.39. The van der Waals surface area contributed by atoms with Crippen molar-refractivity contribution in [3.05, 3.63) is 34.9 Å². The Labute approximate surface area is 118 Å². The minimum absolute atomic E-state index is 0.520. The lowest BCUT2D eigenvalue weighted by Gasteiger charge is -2.13. The van der Waals surface area contributed by atoms with Crippen LogP contribution in [0.15, 0.2) is 18.2 Å². The molecule has 0 bridgehead atoms. The van der Waals surface area contributed by atoms with Gasteiger partial charge in [0.1, 0.15) is 0 Å². The van der Waals surface area contributed by atoms with E-state index in [1.54, 1.807) is 0 Å². The second kappa shape index (κ2) is 8.02. The van der Waals surface area contributed by atoms with Crippen molar-refractivity contribution in [3.63, 3.8) is 0 Å². The fraction of sp³-hybridized carbons (Fsp3) is 0.556. The lowest BCUT2D eigenvalue weighted by atomic mass is 9.92. The first-order valence-corrected chi connectivity index (χ1v) is 7.39. The number of rotatable bonds is 5. The van der Waals surface area contributed by atoms with Crippen LogP contribution in [0.2, 0.25) is 0 Å². The molecule has 0 aromatic heterocycles. The molecule has 0 aliphatic heterocycles. The van der Waals surface area contributed by atoms with E-state index in [1.807, 2.05) is 0 Å². The van der Waals surface area contributed by atoms with Crippen molar-refractivity contribution in [2.75, 3.05) is 6.54 Å². The van der Waals surface area contributed by atoms with Crippen LogP contribution < -0.4 is 5.73 Å². The van der Waals surface area contributed by atoms with Gasteiger partial charge in [-0.15, -0.1) is 0 Å². The van der Waals surface area contributed by atoms with Crippen LogP contribution in [0.5, 0.6) is 0 Å². The molecule has 0 aliphatic rings. The molecule has 0 radical (unpaired) electrons. The number of nitrogens with two attached hydrogens (primary N) is 1. The van der Waals surface area contributed by atoms with E-state index in [-0.39, 0.29) is 0 Å². The molecule has 1 aromatic carbocycles. The van der Waals surface area contributed by atoms with Gasteiger partial charge in [0.25, 0.3) is 0 Å². The highest BCUT2D eigenvalue weighted by Gasteiger charge is 2.08. The van der Waals surface area contributed by atoms with Crippen LogP contribution in [0.25, 0.3) is 0 Å². The molecule has 0 spiro atoms. The van der Waals surface area contributed by atoms with Crippen molar-refractivity contribution < 1.29 is 0 Å². The van der Waals surface area contributed by atoms with E-state index >= 15 is 0 Å². The van der Waals surface area contributed by atoms with Gasteiger partial charge in [0.2, 0.25) is 0 Å². The van der Waals surface area contributed by atoms with Gasteiger partial charge in [-0.2, -0.15) is 0 Å². The fourth-order valence-corrected chi connectivity index (χ4v) is 2.05. The Morgan fingerprint density at radius 1 is 1.05 bits per heavy atom. The summed E-state index contributed by atoms with van der Waals surface area (Å²) in [6.07, 6.45) is 3.11. The summed E-state index contributed by atoms with van der Waals surface area (Å²) in [5, 5.41) is 0. The minimum atomic E-state index is 0.520. The fourth-order valence-electron chi connectivity index (χ4n) is 2.05. The Bertz CT molecular complexity index is 446. The normalized spacial score (nSPS) is 10.7. The number of hydrogen-bond acceptors (Lipinski definition) is 1. The summed E-state index contributed by atoms with van der Waals surface area (Å²) in [5.41, 5.74) is 9.44. The largest absolute Gasteiger partial charge is 0.330 e. The molecule has 0 unspecified atom stereocenters. The van der Waals surface area contributed by atoms with E-state index in [0.717, 1.165) is 25.8 Å². The van der Waals surface area contributed by atoms with Gasteiger partial charge in [-0.05, 0) is 48.4 Å². The molecule has 1 heteroatoms. The Hall–Kier alpha value is -1.26. The first-order chi connectivity index (χ1) is 9.06. The molecule has 0 atom stereocenters. The Balaban J connectivity index is 2.88. The third-order valence-electron chi connectivity index (χ3n) is 3.34. The topological polar surface area (TPSA) is 26.0 Å². The quantitative estimate of drug-likeness (QED) is 0.613. The molecule has 0 heterocycles. The zero-order valence-electron chi connectivity index (χ0n) is 12.8. The smallest absolute Gasteiger partial charge is 0.0280 e. The van der Waals surface area contributed by atoms with Gasteiger partial charge in [-0.3, -0.25) is 0 Å². The van der Waals surface area contributed by atoms with Crippen molar-refractivity contribution in [2.24, 2.45) is 5.73 Å². The average molecular weight is 257 g/mol. The molecule has 0 saturated heterocycles. The summed E-state index contributed by atoms with van der Waals surface area (Å²) in [5.74, 6) is 7.70. The van der Waals surface area contributed by atoms with Crippen molar-refractivity contribution in [2.45, 2.75) is 58.8 Å². The zero-order valence-corrected chi connectivity index (χ0v) is 12.8. The van der Waals surface area contributed by atoms with Crippen LogP contribution in [0.3, 0.4) is 0 Å². The number of hydrogen-bond donors (Lipinski definition) is 1. The summed E-state index contributed by atoms with van der Waals surface area (Å²) in [6, 6.07) is 6.71. The summed E-state index contributed by atoms with van der Waals surface area (Å²) >= 11 is 0. The van der Waals surface area contributed by atoms with Gasteiger partial charge in [-0.1, -0.05) is 51.7 Å². The lowest BCUT2D eigenvalue weighted by Crippen LogP contribution is -1.97. The van der Waals surface area contributed by atoms with Crippen LogP contribution in [0, 0.1) is 11.8 Å². The second-order valence-corrected chi connectivity index (χ2v) is 5.70. The van der Waals surface area contributed by atoms with Gasteiger partial charge in [0.15, 0.2) is 0 Å². The third kappa shape index (κ3) is 5.09. The maximum atomic E-state index is 5.48. The molecule has 1 aromatic rings. The lowest BCUT2D eigenvalue weighted by molar-refractivity contribution is 0.767. The summed E-state index contributed by atoms with van der Waals surface area (Å²) in [6.45, 7) is 9.70. The molecule has 1 rings (SSSR count). The summed E-state index contributed by atoms with van der Waals surface area (Å²) < 4.78 is 0. The van der Waals surface area contributed by atoms with E-state index < -0.39 is 0 Å². The predicted octanol–water partition coefficient (Wildman–Crippen LogP) is 4.41. The van der Waals surface area contributed by atoms with Gasteiger partial charge in [0.05, 0.1) is 0 Å². The van der Waals surface area contributed by atoms with Crippen molar-refractivity contribution in [1.82, 2.24) is 0 Å². The van der Waals surface area contributed by atoms with Gasteiger partial charge >= 0.3 is 0 Å². The molecule has 2 N–H and O–H groups in total. The molecule has 0 amide bonds. The number of benzene rings is 1. The highest BCUT2D eigenvalue weighted by Crippen LogP contribution is 2.24. The second-order valence-electron chi connectivity index (χ2n) is 5.70. The minimum Gasteiger partial charge on any atom is -0.330 e. The average Bonchev–Trinajstić information content (AvgIpc) is 2.38. The van der Waals surface area contributed by atoms with Crippen LogP contribution >= 0.6 is 0 Å². The molecule has 104 valence electrons. The van der Waals surface area contributed by atoms with E-state index in [9.17, 15) is 0 Å². The van der Waals surface area contributed by atoms with Crippen LogP contribution in [-0.2, 0) is 0 Å². The van der Waals surface area contributed by atoms with E-state index in [4.69, 9.17) is 5.73 Å². The molecular weight excluding hydrogens is 230 g/mol. The molecular formula is C18H27N. The monoisotopic (exact) mass is 257 g/mol. The Morgan fingerprint density at radius 2 is 1.79 bits per heavy atom. The first kappa shape index (κ1) is 15.8. The van der Waals surface area contributed by atoms with E-state index in [0.29, 0.717) is 11.8 Å². The highest BCUT2D eigenvalue weighted by molar-refractivity contribution is 5.45. The molecule has 1 nitrogen and oxygen atoms in total. The van der Waals surface area contributed by atoms with Gasteiger partial charge in [0, 0.05) is 12.0 Å². The molecule has 0 aliphatic carbocycles. The standard InChI is InChI=1S/C18H27N/c1-14(2)17-11-10-16(18(13-17)15(3)4)9-7-5-6-8-12-19/h10-11,13-15H,5-6,8,12,19H2,1-4H3. The molecule has 0 fully saturated rings. The van der Waals surface area contributed by atoms with Crippen molar-refractivity contribution >= 4 is 0 Å². The van der Waals surface area contributed by atoms with Crippen LogP contribution in [0.1, 0.15) is 75.5 Å². The molecule has 19 heavy (non-hydrogen) atoms. The van der Waals surface area contributed by atoms with Crippen LogP contribution in [-0.4, -0.2) is 6.54 Å². The number of unbranched alkanes of at least 4 members (excludes halogenated alkanes) is 2.